The first-order valence-corrected chi connectivity index (χ1v) is 6.46. The Labute approximate surface area is 121 Å². The lowest BCUT2D eigenvalue weighted by Crippen LogP contribution is -2.34. The number of methoxy groups -OCH3 is 1. The quantitative estimate of drug-likeness (QED) is 0.872. The number of carbonyl (C=O) groups excluding carboxylic acids is 1. The predicted octanol–water partition coefficient (Wildman–Crippen LogP) is 2.30. The van der Waals surface area contributed by atoms with E-state index in [4.69, 9.17) is 9.47 Å². The molecule has 5 nitrogen and oxygen atoms in total. The Morgan fingerprint density at radius 3 is 2.52 bits per heavy atom. The second-order valence-electron chi connectivity index (χ2n) is 4.86. The number of carbonyl (C=O) groups is 1. The van der Waals surface area contributed by atoms with Gasteiger partial charge in [-0.1, -0.05) is 12.1 Å². The first kappa shape index (κ1) is 13.3. The number of rotatable bonds is 2. The normalized spacial score (nSPS) is 24.2. The van der Waals surface area contributed by atoms with Crippen molar-refractivity contribution in [3.63, 3.8) is 0 Å². The standard InChI is InChI=1S/C16H14O5/c1-20-15-6-11-14(7-13(15)18)21-8-12(16(11)19)9-2-4-10(17)5-3-9/h2-8,11,14,17-18H,1H3. The lowest BCUT2D eigenvalue weighted by Gasteiger charge is -2.30. The van der Waals surface area contributed by atoms with Gasteiger partial charge in [-0.2, -0.15) is 0 Å². The largest absolute Gasteiger partial charge is 0.508 e. The Bertz CT molecular complexity index is 666. The SMILES string of the molecule is COC1=CC2C(=O)C(c3ccc(O)cc3)=COC2C=C1O. The highest BCUT2D eigenvalue weighted by molar-refractivity contribution is 6.23. The fraction of sp³-hybridized carbons (Fsp3) is 0.188. The molecule has 2 aliphatic rings. The van der Waals surface area contributed by atoms with Crippen molar-refractivity contribution in [3.8, 4) is 5.75 Å². The summed E-state index contributed by atoms with van der Waals surface area (Å²) in [5, 5.41) is 19.0. The van der Waals surface area contributed by atoms with Gasteiger partial charge in [0.2, 0.25) is 0 Å². The molecule has 5 heteroatoms. The molecule has 0 saturated carbocycles. The molecule has 1 aromatic carbocycles. The molecule has 21 heavy (non-hydrogen) atoms. The molecular weight excluding hydrogens is 272 g/mol. The molecule has 0 amide bonds. The number of aliphatic hydroxyl groups is 1. The van der Waals surface area contributed by atoms with Crippen molar-refractivity contribution in [1.29, 1.82) is 0 Å². The van der Waals surface area contributed by atoms with E-state index in [9.17, 15) is 15.0 Å². The molecule has 2 unspecified atom stereocenters. The fourth-order valence-corrected chi connectivity index (χ4v) is 2.44. The lowest BCUT2D eigenvalue weighted by atomic mass is 9.84. The number of ketones is 1. The smallest absolute Gasteiger partial charge is 0.177 e. The Kier molecular flexibility index (Phi) is 3.17. The third kappa shape index (κ3) is 2.27. The molecule has 1 aliphatic heterocycles. The maximum absolute atomic E-state index is 12.6. The van der Waals surface area contributed by atoms with Crippen LogP contribution in [0, 0.1) is 5.92 Å². The number of phenolic OH excluding ortho intramolecular Hbond substituents is 1. The summed E-state index contributed by atoms with van der Waals surface area (Å²) in [6.45, 7) is 0. The Hall–Kier alpha value is -2.69. The predicted molar refractivity (Wildman–Crippen MR) is 75.3 cm³/mol. The molecule has 0 bridgehead atoms. The zero-order valence-electron chi connectivity index (χ0n) is 11.3. The summed E-state index contributed by atoms with van der Waals surface area (Å²) in [5.41, 5.74) is 1.10. The van der Waals surface area contributed by atoms with Crippen LogP contribution < -0.4 is 0 Å². The van der Waals surface area contributed by atoms with Crippen molar-refractivity contribution in [2.75, 3.05) is 7.11 Å². The average Bonchev–Trinajstić information content (AvgIpc) is 2.48. The summed E-state index contributed by atoms with van der Waals surface area (Å²) < 4.78 is 10.6. The molecule has 0 spiro atoms. The van der Waals surface area contributed by atoms with Gasteiger partial charge < -0.3 is 19.7 Å². The monoisotopic (exact) mass is 286 g/mol. The van der Waals surface area contributed by atoms with E-state index in [0.29, 0.717) is 11.1 Å². The van der Waals surface area contributed by atoms with Gasteiger partial charge in [-0.15, -0.1) is 0 Å². The molecule has 1 aliphatic carbocycles. The highest BCUT2D eigenvalue weighted by atomic mass is 16.5. The van der Waals surface area contributed by atoms with Gasteiger partial charge in [0.15, 0.2) is 17.3 Å². The van der Waals surface area contributed by atoms with Crippen LogP contribution in [-0.4, -0.2) is 29.2 Å². The number of aromatic hydroxyl groups is 1. The van der Waals surface area contributed by atoms with Gasteiger partial charge in [-0.25, -0.2) is 0 Å². The molecule has 1 heterocycles. The van der Waals surface area contributed by atoms with E-state index >= 15 is 0 Å². The maximum Gasteiger partial charge on any atom is 0.177 e. The summed E-state index contributed by atoms with van der Waals surface area (Å²) in [6.07, 6.45) is 3.89. The van der Waals surface area contributed by atoms with Gasteiger partial charge in [0.25, 0.3) is 0 Å². The van der Waals surface area contributed by atoms with Crippen molar-refractivity contribution >= 4 is 11.4 Å². The molecule has 2 atom stereocenters. The van der Waals surface area contributed by atoms with Gasteiger partial charge in [0.05, 0.1) is 24.9 Å². The zero-order valence-corrected chi connectivity index (χ0v) is 11.3. The van der Waals surface area contributed by atoms with Crippen molar-refractivity contribution in [3.05, 3.63) is 59.8 Å². The van der Waals surface area contributed by atoms with E-state index < -0.39 is 12.0 Å². The molecule has 3 rings (SSSR count). The molecule has 0 fully saturated rings. The highest BCUT2D eigenvalue weighted by Crippen LogP contribution is 2.34. The van der Waals surface area contributed by atoms with Crippen LogP contribution >= 0.6 is 0 Å². The van der Waals surface area contributed by atoms with Gasteiger partial charge >= 0.3 is 0 Å². The van der Waals surface area contributed by atoms with E-state index in [2.05, 4.69) is 0 Å². The van der Waals surface area contributed by atoms with E-state index in [-0.39, 0.29) is 23.1 Å². The van der Waals surface area contributed by atoms with Crippen LogP contribution in [-0.2, 0) is 14.3 Å². The van der Waals surface area contributed by atoms with E-state index in [1.165, 1.54) is 31.6 Å². The van der Waals surface area contributed by atoms with Crippen LogP contribution in [0.5, 0.6) is 5.75 Å². The third-order valence-electron chi connectivity index (χ3n) is 3.57. The number of fused-ring (bicyclic) bond motifs is 1. The summed E-state index contributed by atoms with van der Waals surface area (Å²) >= 11 is 0. The van der Waals surface area contributed by atoms with Gasteiger partial charge in [0.1, 0.15) is 11.9 Å². The first-order chi connectivity index (χ1) is 10.1. The molecule has 2 N–H and O–H groups in total. The Balaban J connectivity index is 1.96. The second-order valence-corrected chi connectivity index (χ2v) is 4.86. The number of phenols is 1. The van der Waals surface area contributed by atoms with Gasteiger partial charge in [-0.05, 0) is 23.8 Å². The summed E-state index contributed by atoms with van der Waals surface area (Å²) in [7, 11) is 1.43. The number of benzene rings is 1. The van der Waals surface area contributed by atoms with E-state index in [1.54, 1.807) is 18.2 Å². The fourth-order valence-electron chi connectivity index (χ4n) is 2.44. The summed E-state index contributed by atoms with van der Waals surface area (Å²) in [6, 6.07) is 6.33. The Morgan fingerprint density at radius 2 is 1.86 bits per heavy atom. The summed E-state index contributed by atoms with van der Waals surface area (Å²) in [4.78, 5) is 12.6. The molecular formula is C16H14O5. The lowest BCUT2D eigenvalue weighted by molar-refractivity contribution is -0.119. The number of aliphatic hydroxyl groups excluding tert-OH is 1. The third-order valence-corrected chi connectivity index (χ3v) is 3.57. The number of ether oxygens (including phenoxy) is 2. The number of allylic oxidation sites excluding steroid dienone is 1. The van der Waals surface area contributed by atoms with Gasteiger partial charge in [-0.3, -0.25) is 4.79 Å². The molecule has 0 aromatic heterocycles. The minimum atomic E-state index is -0.537. The molecule has 0 radical (unpaired) electrons. The second kappa shape index (κ2) is 5.01. The van der Waals surface area contributed by atoms with E-state index in [0.717, 1.165) is 0 Å². The minimum absolute atomic E-state index is 0.0342. The van der Waals surface area contributed by atoms with Crippen LogP contribution in [0.15, 0.2) is 54.2 Å². The molecule has 108 valence electrons. The van der Waals surface area contributed by atoms with Crippen LogP contribution in [0.4, 0.5) is 0 Å². The van der Waals surface area contributed by atoms with Crippen molar-refractivity contribution in [1.82, 2.24) is 0 Å². The first-order valence-electron chi connectivity index (χ1n) is 6.46. The van der Waals surface area contributed by atoms with Crippen LogP contribution in [0.2, 0.25) is 0 Å². The van der Waals surface area contributed by atoms with Crippen LogP contribution in [0.3, 0.4) is 0 Å². The number of hydrogen-bond acceptors (Lipinski definition) is 5. The number of Topliss-reactive ketones (excluding diaryl/α,β-unsaturated/α-hetero) is 1. The van der Waals surface area contributed by atoms with Gasteiger partial charge in [0, 0.05) is 6.08 Å². The highest BCUT2D eigenvalue weighted by Gasteiger charge is 2.37. The maximum atomic E-state index is 12.6. The Morgan fingerprint density at radius 1 is 1.14 bits per heavy atom. The average molecular weight is 286 g/mol. The topological polar surface area (TPSA) is 76.0 Å². The van der Waals surface area contributed by atoms with Crippen molar-refractivity contribution < 1.29 is 24.5 Å². The molecule has 0 saturated heterocycles. The zero-order chi connectivity index (χ0) is 15.0. The summed E-state index contributed by atoms with van der Waals surface area (Å²) in [5.74, 6) is -0.290. The number of hydrogen-bond donors (Lipinski definition) is 2. The van der Waals surface area contributed by atoms with Crippen LogP contribution in [0.1, 0.15) is 5.56 Å². The minimum Gasteiger partial charge on any atom is -0.508 e. The van der Waals surface area contributed by atoms with Crippen molar-refractivity contribution in [2.24, 2.45) is 5.92 Å². The molecule has 1 aromatic rings. The van der Waals surface area contributed by atoms with Crippen molar-refractivity contribution in [2.45, 2.75) is 6.10 Å². The van der Waals surface area contributed by atoms with E-state index in [1.807, 2.05) is 0 Å². The van der Waals surface area contributed by atoms with Crippen LogP contribution in [0.25, 0.3) is 5.57 Å².